The Morgan fingerprint density at radius 1 is 0.905 bits per heavy atom. The third-order valence-corrected chi connectivity index (χ3v) is 4.84. The molecule has 1 fully saturated rings. The third kappa shape index (κ3) is 4.10. The SMILES string of the molecule is CC(C)(C)c1cc(C[C@@H]2CCC[C@@H]2O)cc(C(C)(C)C)c1. The Bertz CT molecular complexity index is 455. The minimum Gasteiger partial charge on any atom is -0.393 e. The first kappa shape index (κ1) is 16.5. The predicted octanol–water partition coefficient (Wildman–Crippen LogP) is 4.99. The number of benzene rings is 1. The molecule has 0 radical (unpaired) electrons. The van der Waals surface area contributed by atoms with E-state index >= 15 is 0 Å². The van der Waals surface area contributed by atoms with Gasteiger partial charge >= 0.3 is 0 Å². The topological polar surface area (TPSA) is 20.2 Å². The van der Waals surface area contributed by atoms with Crippen molar-refractivity contribution in [3.8, 4) is 0 Å². The fourth-order valence-corrected chi connectivity index (χ4v) is 3.23. The van der Waals surface area contributed by atoms with Crippen molar-refractivity contribution < 1.29 is 5.11 Å². The van der Waals surface area contributed by atoms with E-state index in [1.165, 1.54) is 29.5 Å². The minimum atomic E-state index is -0.0959. The molecule has 0 unspecified atom stereocenters. The summed E-state index contributed by atoms with van der Waals surface area (Å²) in [7, 11) is 0. The Kier molecular flexibility index (Phi) is 4.54. The first-order chi connectivity index (χ1) is 9.57. The molecule has 1 N–H and O–H groups in total. The Morgan fingerprint density at radius 2 is 1.43 bits per heavy atom. The van der Waals surface area contributed by atoms with Crippen LogP contribution in [0.5, 0.6) is 0 Å². The van der Waals surface area contributed by atoms with Crippen molar-refractivity contribution >= 4 is 0 Å². The summed E-state index contributed by atoms with van der Waals surface area (Å²) < 4.78 is 0. The van der Waals surface area contributed by atoms with Crippen LogP contribution in [0.2, 0.25) is 0 Å². The van der Waals surface area contributed by atoms with Crippen molar-refractivity contribution in [1.82, 2.24) is 0 Å². The second-order valence-electron chi connectivity index (χ2n) is 8.88. The van der Waals surface area contributed by atoms with E-state index in [4.69, 9.17) is 0 Å². The summed E-state index contributed by atoms with van der Waals surface area (Å²) in [6.45, 7) is 13.7. The molecule has 0 aliphatic heterocycles. The first-order valence-electron chi connectivity index (χ1n) is 8.40. The highest BCUT2D eigenvalue weighted by Crippen LogP contribution is 2.33. The molecule has 0 saturated heterocycles. The summed E-state index contributed by atoms with van der Waals surface area (Å²) in [6, 6.07) is 7.09. The summed E-state index contributed by atoms with van der Waals surface area (Å²) in [4.78, 5) is 0. The van der Waals surface area contributed by atoms with Gasteiger partial charge in [0.1, 0.15) is 0 Å². The molecule has 2 rings (SSSR count). The van der Waals surface area contributed by atoms with Crippen molar-refractivity contribution in [2.45, 2.75) is 84.2 Å². The molecule has 1 aromatic carbocycles. The average molecular weight is 288 g/mol. The molecular weight excluding hydrogens is 256 g/mol. The summed E-state index contributed by atoms with van der Waals surface area (Å²) in [5, 5.41) is 10.1. The summed E-state index contributed by atoms with van der Waals surface area (Å²) in [5.74, 6) is 0.452. The zero-order chi connectivity index (χ0) is 15.8. The van der Waals surface area contributed by atoms with Gasteiger partial charge in [-0.3, -0.25) is 0 Å². The van der Waals surface area contributed by atoms with E-state index in [-0.39, 0.29) is 16.9 Å². The fourth-order valence-electron chi connectivity index (χ4n) is 3.23. The zero-order valence-electron chi connectivity index (χ0n) is 14.7. The Hall–Kier alpha value is -0.820. The smallest absolute Gasteiger partial charge is 0.0571 e. The minimum absolute atomic E-state index is 0.0959. The van der Waals surface area contributed by atoms with Gasteiger partial charge < -0.3 is 5.11 Å². The zero-order valence-corrected chi connectivity index (χ0v) is 14.7. The molecule has 1 nitrogen and oxygen atoms in total. The highest BCUT2D eigenvalue weighted by atomic mass is 16.3. The molecular formula is C20H32O. The molecule has 21 heavy (non-hydrogen) atoms. The van der Waals surface area contributed by atoms with Gasteiger partial charge in [0.25, 0.3) is 0 Å². The lowest BCUT2D eigenvalue weighted by Gasteiger charge is -2.27. The molecule has 1 aliphatic carbocycles. The average Bonchev–Trinajstić information content (AvgIpc) is 2.72. The number of rotatable bonds is 2. The molecule has 0 spiro atoms. The van der Waals surface area contributed by atoms with Crippen LogP contribution in [0.25, 0.3) is 0 Å². The summed E-state index contributed by atoms with van der Waals surface area (Å²) in [6.07, 6.45) is 4.26. The number of aliphatic hydroxyl groups excluding tert-OH is 1. The van der Waals surface area contributed by atoms with E-state index in [9.17, 15) is 5.11 Å². The van der Waals surface area contributed by atoms with Crippen LogP contribution < -0.4 is 0 Å². The van der Waals surface area contributed by atoms with Gasteiger partial charge in [-0.15, -0.1) is 0 Å². The lowest BCUT2D eigenvalue weighted by molar-refractivity contribution is 0.132. The Balaban J connectivity index is 2.36. The summed E-state index contributed by atoms with van der Waals surface area (Å²) >= 11 is 0. The molecule has 1 aliphatic rings. The van der Waals surface area contributed by atoms with Crippen molar-refractivity contribution in [1.29, 1.82) is 0 Å². The molecule has 1 saturated carbocycles. The van der Waals surface area contributed by atoms with Gasteiger partial charge in [0.2, 0.25) is 0 Å². The van der Waals surface area contributed by atoms with Gasteiger partial charge in [0, 0.05) is 0 Å². The molecule has 0 amide bonds. The highest BCUT2D eigenvalue weighted by Gasteiger charge is 2.27. The van der Waals surface area contributed by atoms with Crippen molar-refractivity contribution in [2.75, 3.05) is 0 Å². The Labute approximate surface area is 130 Å². The predicted molar refractivity (Wildman–Crippen MR) is 90.9 cm³/mol. The monoisotopic (exact) mass is 288 g/mol. The number of hydrogen-bond donors (Lipinski definition) is 1. The van der Waals surface area contributed by atoms with E-state index < -0.39 is 0 Å². The summed E-state index contributed by atoms with van der Waals surface area (Å²) in [5.41, 5.74) is 4.57. The molecule has 118 valence electrons. The number of aliphatic hydroxyl groups is 1. The standard InChI is InChI=1S/C20H32O/c1-19(2,3)16-11-14(10-15-8-7-9-18(15)21)12-17(13-16)20(4,5)6/h11-13,15,18,21H,7-10H2,1-6H3/t15-,18-/m0/s1. The quantitative estimate of drug-likeness (QED) is 0.813. The van der Waals surface area contributed by atoms with Crippen LogP contribution in [0, 0.1) is 5.92 Å². The van der Waals surface area contributed by atoms with Gasteiger partial charge in [-0.25, -0.2) is 0 Å². The second-order valence-corrected chi connectivity index (χ2v) is 8.88. The van der Waals surface area contributed by atoms with Crippen LogP contribution in [0.3, 0.4) is 0 Å². The van der Waals surface area contributed by atoms with Crippen LogP contribution in [0.15, 0.2) is 18.2 Å². The van der Waals surface area contributed by atoms with Crippen molar-refractivity contribution in [3.05, 3.63) is 34.9 Å². The lowest BCUT2D eigenvalue weighted by Crippen LogP contribution is -2.19. The van der Waals surface area contributed by atoms with Crippen molar-refractivity contribution in [3.63, 3.8) is 0 Å². The highest BCUT2D eigenvalue weighted by molar-refractivity contribution is 5.37. The molecule has 0 aromatic heterocycles. The molecule has 2 atom stereocenters. The van der Waals surface area contributed by atoms with E-state index in [0.717, 1.165) is 12.8 Å². The maximum atomic E-state index is 10.1. The normalized spacial score (nSPS) is 23.6. The maximum absolute atomic E-state index is 10.1. The van der Waals surface area contributed by atoms with E-state index in [2.05, 4.69) is 59.7 Å². The number of hydrogen-bond acceptors (Lipinski definition) is 1. The van der Waals surface area contributed by atoms with Crippen LogP contribution in [-0.2, 0) is 17.3 Å². The van der Waals surface area contributed by atoms with Gasteiger partial charge in [0.15, 0.2) is 0 Å². The fraction of sp³-hybridized carbons (Fsp3) is 0.700. The van der Waals surface area contributed by atoms with Gasteiger partial charge in [0.05, 0.1) is 6.10 Å². The van der Waals surface area contributed by atoms with E-state index in [1.54, 1.807) is 0 Å². The maximum Gasteiger partial charge on any atom is 0.0571 e. The molecule has 1 heteroatoms. The van der Waals surface area contributed by atoms with Crippen LogP contribution in [-0.4, -0.2) is 11.2 Å². The van der Waals surface area contributed by atoms with Crippen LogP contribution in [0.4, 0.5) is 0 Å². The second kappa shape index (κ2) is 5.76. The van der Waals surface area contributed by atoms with Gasteiger partial charge in [-0.2, -0.15) is 0 Å². The van der Waals surface area contributed by atoms with Crippen LogP contribution in [0.1, 0.15) is 77.5 Å². The molecule has 1 aromatic rings. The molecule has 0 heterocycles. The largest absolute Gasteiger partial charge is 0.393 e. The van der Waals surface area contributed by atoms with Crippen molar-refractivity contribution in [2.24, 2.45) is 5.92 Å². The van der Waals surface area contributed by atoms with Gasteiger partial charge in [-0.05, 0) is 52.7 Å². The van der Waals surface area contributed by atoms with E-state index in [1.807, 2.05) is 0 Å². The van der Waals surface area contributed by atoms with E-state index in [0.29, 0.717) is 5.92 Å². The first-order valence-corrected chi connectivity index (χ1v) is 8.40. The third-order valence-electron chi connectivity index (χ3n) is 4.84. The Morgan fingerprint density at radius 3 is 1.81 bits per heavy atom. The van der Waals surface area contributed by atoms with Gasteiger partial charge in [-0.1, -0.05) is 66.2 Å². The lowest BCUT2D eigenvalue weighted by atomic mass is 9.78. The van der Waals surface area contributed by atoms with Crippen LogP contribution >= 0.6 is 0 Å². The molecule has 0 bridgehead atoms.